The van der Waals surface area contributed by atoms with E-state index in [1.54, 1.807) is 0 Å². The summed E-state index contributed by atoms with van der Waals surface area (Å²) in [6.07, 6.45) is 1.84. The number of benzene rings is 2. The van der Waals surface area contributed by atoms with Gasteiger partial charge >= 0.3 is 0 Å². The van der Waals surface area contributed by atoms with Gasteiger partial charge in [-0.05, 0) is 47.0 Å². The summed E-state index contributed by atoms with van der Waals surface area (Å²) < 4.78 is 0. The fraction of sp³-hybridized carbons (Fsp3) is 0.200. The molecule has 1 amide bonds. The van der Waals surface area contributed by atoms with Crippen LogP contribution in [0.3, 0.4) is 0 Å². The Labute approximate surface area is 148 Å². The molecule has 1 aliphatic rings. The highest BCUT2D eigenvalue weighted by Gasteiger charge is 2.31. The molecule has 0 aromatic heterocycles. The molecule has 2 aromatic rings. The maximum Gasteiger partial charge on any atom is 0.281 e. The number of rotatable bonds is 2. The predicted molar refractivity (Wildman–Crippen MR) is 103 cm³/mol. The van der Waals surface area contributed by atoms with Crippen molar-refractivity contribution >= 4 is 35.0 Å². The van der Waals surface area contributed by atoms with E-state index in [2.05, 4.69) is 38.2 Å². The van der Waals surface area contributed by atoms with Crippen LogP contribution in [0.5, 0.6) is 0 Å². The van der Waals surface area contributed by atoms with Crippen molar-refractivity contribution in [1.29, 1.82) is 0 Å². The summed E-state index contributed by atoms with van der Waals surface area (Å²) in [7, 11) is 0. The Kier molecular flexibility index (Phi) is 4.24. The van der Waals surface area contributed by atoms with E-state index >= 15 is 0 Å². The van der Waals surface area contributed by atoms with Crippen LogP contribution in [0, 0.1) is 0 Å². The second-order valence-corrected chi connectivity index (χ2v) is 7.22. The number of thiocarbonyl (C=S) groups is 1. The number of hydrogen-bond donors (Lipinski definition) is 1. The van der Waals surface area contributed by atoms with Gasteiger partial charge in [-0.2, -0.15) is 0 Å². The van der Waals surface area contributed by atoms with Crippen LogP contribution in [0.4, 0.5) is 5.69 Å². The van der Waals surface area contributed by atoms with Crippen molar-refractivity contribution in [3.8, 4) is 0 Å². The molecular formula is C20H20N2OS. The Bertz CT molecular complexity index is 802. The number of nitrogens with zero attached hydrogens (tertiary/aromatic N) is 1. The fourth-order valence-electron chi connectivity index (χ4n) is 2.59. The molecule has 3 rings (SSSR count). The molecule has 0 bridgehead atoms. The Balaban J connectivity index is 1.87. The molecule has 1 heterocycles. The van der Waals surface area contributed by atoms with Gasteiger partial charge in [-0.25, -0.2) is 0 Å². The van der Waals surface area contributed by atoms with Gasteiger partial charge in [0.25, 0.3) is 5.91 Å². The highest BCUT2D eigenvalue weighted by molar-refractivity contribution is 7.80. The van der Waals surface area contributed by atoms with Crippen molar-refractivity contribution < 1.29 is 4.79 Å². The van der Waals surface area contributed by atoms with Crippen molar-refractivity contribution in [2.24, 2.45) is 0 Å². The van der Waals surface area contributed by atoms with E-state index in [0.29, 0.717) is 10.8 Å². The average Bonchev–Trinajstić information content (AvgIpc) is 2.82. The molecule has 3 nitrogen and oxygen atoms in total. The van der Waals surface area contributed by atoms with Gasteiger partial charge in [-0.1, -0.05) is 63.2 Å². The lowest BCUT2D eigenvalue weighted by Crippen LogP contribution is -2.30. The first-order valence-corrected chi connectivity index (χ1v) is 8.30. The van der Waals surface area contributed by atoms with Crippen molar-refractivity contribution in [3.63, 3.8) is 0 Å². The molecule has 0 radical (unpaired) electrons. The lowest BCUT2D eigenvalue weighted by atomic mass is 9.87. The van der Waals surface area contributed by atoms with Crippen molar-refractivity contribution in [2.45, 2.75) is 26.2 Å². The molecule has 24 heavy (non-hydrogen) atoms. The second kappa shape index (κ2) is 6.21. The Morgan fingerprint density at radius 3 is 2.21 bits per heavy atom. The third-order valence-corrected chi connectivity index (χ3v) is 4.26. The third-order valence-electron chi connectivity index (χ3n) is 3.98. The minimum absolute atomic E-state index is 0.110. The number of nitrogens with one attached hydrogen (secondary N) is 1. The van der Waals surface area contributed by atoms with E-state index in [4.69, 9.17) is 12.2 Å². The normalized spacial score (nSPS) is 16.6. The van der Waals surface area contributed by atoms with E-state index in [-0.39, 0.29) is 11.3 Å². The van der Waals surface area contributed by atoms with Crippen LogP contribution in [0.2, 0.25) is 0 Å². The summed E-state index contributed by atoms with van der Waals surface area (Å²) in [5.74, 6) is -0.133. The van der Waals surface area contributed by atoms with Crippen molar-refractivity contribution in [1.82, 2.24) is 5.32 Å². The summed E-state index contributed by atoms with van der Waals surface area (Å²) in [4.78, 5) is 14.2. The van der Waals surface area contributed by atoms with Gasteiger partial charge in [0.2, 0.25) is 0 Å². The van der Waals surface area contributed by atoms with Crippen molar-refractivity contribution in [2.75, 3.05) is 4.90 Å². The van der Waals surface area contributed by atoms with E-state index in [1.807, 2.05) is 48.5 Å². The number of amides is 1. The SMILES string of the molecule is CC(C)(C)c1ccc(/C=C2/NC(=S)N(c3ccccc3)C2=O)cc1. The molecule has 122 valence electrons. The molecule has 0 atom stereocenters. The molecule has 0 saturated carbocycles. The van der Waals surface area contributed by atoms with Crippen molar-refractivity contribution in [3.05, 3.63) is 71.4 Å². The highest BCUT2D eigenvalue weighted by Crippen LogP contribution is 2.24. The lowest BCUT2D eigenvalue weighted by Gasteiger charge is -2.18. The molecule has 0 spiro atoms. The Hall–Kier alpha value is -2.46. The number of carbonyl (C=O) groups excluding carboxylic acids is 1. The zero-order valence-corrected chi connectivity index (χ0v) is 14.9. The minimum atomic E-state index is -0.133. The second-order valence-electron chi connectivity index (χ2n) is 6.84. The highest BCUT2D eigenvalue weighted by atomic mass is 32.1. The van der Waals surface area contributed by atoms with Gasteiger partial charge in [0.05, 0.1) is 5.69 Å². The van der Waals surface area contributed by atoms with E-state index in [1.165, 1.54) is 10.5 Å². The Morgan fingerprint density at radius 2 is 1.62 bits per heavy atom. The summed E-state index contributed by atoms with van der Waals surface area (Å²) in [5, 5.41) is 3.42. The van der Waals surface area contributed by atoms with Crippen LogP contribution in [-0.2, 0) is 10.2 Å². The number of hydrogen-bond acceptors (Lipinski definition) is 2. The van der Waals surface area contributed by atoms with Gasteiger partial charge in [0.1, 0.15) is 5.70 Å². The third kappa shape index (κ3) is 3.24. The minimum Gasteiger partial charge on any atom is -0.327 e. The largest absolute Gasteiger partial charge is 0.327 e. The van der Waals surface area contributed by atoms with Gasteiger partial charge in [-0.15, -0.1) is 0 Å². The Morgan fingerprint density at radius 1 is 1.00 bits per heavy atom. The molecule has 2 aromatic carbocycles. The summed E-state index contributed by atoms with van der Waals surface area (Å²) in [5.41, 5.74) is 3.60. The zero-order chi connectivity index (χ0) is 17.3. The number of anilines is 1. The predicted octanol–water partition coefficient (Wildman–Crippen LogP) is 4.25. The molecule has 4 heteroatoms. The van der Waals surface area contributed by atoms with Crippen LogP contribution in [0.25, 0.3) is 6.08 Å². The molecule has 1 fully saturated rings. The van der Waals surface area contributed by atoms with E-state index in [9.17, 15) is 4.79 Å². The topological polar surface area (TPSA) is 32.3 Å². The van der Waals surface area contributed by atoms with E-state index in [0.717, 1.165) is 11.3 Å². The molecule has 1 aliphatic heterocycles. The lowest BCUT2D eigenvalue weighted by molar-refractivity contribution is -0.113. The van der Waals surface area contributed by atoms with Crippen LogP contribution < -0.4 is 10.2 Å². The molecule has 1 saturated heterocycles. The van der Waals surface area contributed by atoms with E-state index < -0.39 is 0 Å². The monoisotopic (exact) mass is 336 g/mol. The fourth-order valence-corrected chi connectivity index (χ4v) is 2.89. The molecule has 0 aliphatic carbocycles. The maximum absolute atomic E-state index is 12.7. The smallest absolute Gasteiger partial charge is 0.281 e. The zero-order valence-electron chi connectivity index (χ0n) is 14.0. The summed E-state index contributed by atoms with van der Waals surface area (Å²) in [6.45, 7) is 6.54. The number of carbonyl (C=O) groups is 1. The maximum atomic E-state index is 12.7. The van der Waals surface area contributed by atoms with Gasteiger partial charge < -0.3 is 5.32 Å². The molecular weight excluding hydrogens is 316 g/mol. The van der Waals surface area contributed by atoms with Crippen LogP contribution >= 0.6 is 12.2 Å². The summed E-state index contributed by atoms with van der Waals surface area (Å²) in [6, 6.07) is 17.7. The molecule has 0 unspecified atom stereocenters. The van der Waals surface area contributed by atoms with Crippen LogP contribution in [0.15, 0.2) is 60.3 Å². The average molecular weight is 336 g/mol. The summed E-state index contributed by atoms with van der Waals surface area (Å²) >= 11 is 5.32. The van der Waals surface area contributed by atoms with Crippen LogP contribution in [-0.4, -0.2) is 11.0 Å². The van der Waals surface area contributed by atoms with Crippen LogP contribution in [0.1, 0.15) is 31.9 Å². The number of para-hydroxylation sites is 1. The molecule has 1 N–H and O–H groups in total. The first-order chi connectivity index (χ1) is 11.4. The van der Waals surface area contributed by atoms with Gasteiger partial charge in [-0.3, -0.25) is 9.69 Å². The standard InChI is InChI=1S/C20H20N2OS/c1-20(2,3)15-11-9-14(10-12-15)13-17-18(23)22(19(24)21-17)16-7-5-4-6-8-16/h4-13H,1-3H3,(H,21,24)/b17-13+. The van der Waals surface area contributed by atoms with Gasteiger partial charge in [0.15, 0.2) is 5.11 Å². The first-order valence-electron chi connectivity index (χ1n) is 7.89. The first kappa shape index (κ1) is 16.4. The quantitative estimate of drug-likeness (QED) is 0.657. The van der Waals surface area contributed by atoms with Gasteiger partial charge in [0, 0.05) is 0 Å².